The van der Waals surface area contributed by atoms with Gasteiger partial charge in [0.1, 0.15) is 5.71 Å². The Hall–Kier alpha value is -3.73. The Morgan fingerprint density at radius 3 is 2.43 bits per heavy atom. The third-order valence-electron chi connectivity index (χ3n) is 5.22. The van der Waals surface area contributed by atoms with E-state index in [0.717, 1.165) is 23.2 Å². The van der Waals surface area contributed by atoms with Crippen molar-refractivity contribution in [3.63, 3.8) is 0 Å². The summed E-state index contributed by atoms with van der Waals surface area (Å²) in [7, 11) is 0. The molecule has 0 saturated carbocycles. The van der Waals surface area contributed by atoms with Crippen LogP contribution in [-0.2, 0) is 16.0 Å². The lowest BCUT2D eigenvalue weighted by Gasteiger charge is -2.14. The van der Waals surface area contributed by atoms with Crippen LogP contribution in [0, 0.1) is 12.3 Å². The summed E-state index contributed by atoms with van der Waals surface area (Å²) in [5.74, 6) is 0.0884. The molecule has 0 radical (unpaired) electrons. The van der Waals surface area contributed by atoms with Gasteiger partial charge in [0.2, 0.25) is 6.41 Å². The van der Waals surface area contributed by atoms with Crippen molar-refractivity contribution in [2.24, 2.45) is 5.73 Å². The number of aryl methyl sites for hydroxylation is 1. The average molecular weight is 399 g/mol. The van der Waals surface area contributed by atoms with E-state index in [-0.39, 0.29) is 18.0 Å². The molecule has 5 nitrogen and oxygen atoms in total. The quantitative estimate of drug-likeness (QED) is 0.566. The van der Waals surface area contributed by atoms with Crippen LogP contribution in [0.5, 0.6) is 0 Å². The fourth-order valence-corrected chi connectivity index (χ4v) is 3.70. The van der Waals surface area contributed by atoms with Gasteiger partial charge in [-0.1, -0.05) is 73.2 Å². The maximum atomic E-state index is 11.9. The van der Waals surface area contributed by atoms with Gasteiger partial charge < -0.3 is 11.1 Å². The zero-order valence-corrected chi connectivity index (χ0v) is 17.1. The molecule has 1 aliphatic rings. The first-order valence-corrected chi connectivity index (χ1v) is 9.79. The van der Waals surface area contributed by atoms with Crippen LogP contribution in [0.15, 0.2) is 66.7 Å². The standard InChI is InChI=1S/C24H22N2O.CH3NO/c1-15-9-11-18(12-10-15)16(2)13-17-5-3-6-19(14-17)20-7-4-8-21-22(20)23(25)24(27)26-21;2-1-3/h3-12,14,16H,13H2,1-2H3,(H2,25,26,27);1H,(H2,2,3). The van der Waals surface area contributed by atoms with Crippen LogP contribution < -0.4 is 11.1 Å². The molecule has 0 aromatic heterocycles. The molecule has 30 heavy (non-hydrogen) atoms. The molecular weight excluding hydrogens is 374 g/mol. The Labute approximate surface area is 176 Å². The summed E-state index contributed by atoms with van der Waals surface area (Å²) in [6.45, 7) is 4.35. The maximum absolute atomic E-state index is 11.9. The van der Waals surface area contributed by atoms with E-state index >= 15 is 0 Å². The van der Waals surface area contributed by atoms with Crippen molar-refractivity contribution in [3.8, 4) is 11.1 Å². The predicted molar refractivity (Wildman–Crippen MR) is 121 cm³/mol. The monoisotopic (exact) mass is 399 g/mol. The van der Waals surface area contributed by atoms with Gasteiger partial charge in [0.15, 0.2) is 0 Å². The van der Waals surface area contributed by atoms with Gasteiger partial charge in [0.25, 0.3) is 5.91 Å². The molecule has 1 heterocycles. The van der Waals surface area contributed by atoms with Crippen molar-refractivity contribution in [2.75, 3.05) is 5.32 Å². The molecule has 5 heteroatoms. The summed E-state index contributed by atoms with van der Waals surface area (Å²) in [4.78, 5) is 20.5. The van der Waals surface area contributed by atoms with Crippen LogP contribution in [0.25, 0.3) is 11.1 Å². The minimum absolute atomic E-state index is 0.0408. The summed E-state index contributed by atoms with van der Waals surface area (Å²) >= 11 is 0. The van der Waals surface area contributed by atoms with Crippen molar-refractivity contribution in [3.05, 3.63) is 89.0 Å². The Morgan fingerprint density at radius 1 is 1.07 bits per heavy atom. The summed E-state index contributed by atoms with van der Waals surface area (Å²) in [5, 5.41) is 10.9. The van der Waals surface area contributed by atoms with E-state index in [0.29, 0.717) is 11.5 Å². The van der Waals surface area contributed by atoms with Crippen LogP contribution in [0.1, 0.15) is 35.1 Å². The molecule has 0 saturated heterocycles. The van der Waals surface area contributed by atoms with Crippen molar-refractivity contribution in [1.82, 2.24) is 0 Å². The fourth-order valence-electron chi connectivity index (χ4n) is 3.70. The van der Waals surface area contributed by atoms with Gasteiger partial charge in [-0.2, -0.15) is 0 Å². The van der Waals surface area contributed by atoms with Gasteiger partial charge in [-0.3, -0.25) is 15.0 Å². The van der Waals surface area contributed by atoms with E-state index in [1.54, 1.807) is 0 Å². The first kappa shape index (κ1) is 21.0. The van der Waals surface area contributed by atoms with Crippen LogP contribution in [-0.4, -0.2) is 18.0 Å². The molecule has 0 aliphatic carbocycles. The van der Waals surface area contributed by atoms with E-state index < -0.39 is 0 Å². The second kappa shape index (κ2) is 9.18. The topological polar surface area (TPSA) is 96.0 Å². The normalized spacial score (nSPS) is 13.0. The van der Waals surface area contributed by atoms with Gasteiger partial charge in [-0.15, -0.1) is 0 Å². The van der Waals surface area contributed by atoms with E-state index in [9.17, 15) is 4.79 Å². The van der Waals surface area contributed by atoms with E-state index in [2.05, 4.69) is 67.4 Å². The Kier molecular flexibility index (Phi) is 6.42. The number of nitrogens with one attached hydrogen (secondary N) is 2. The minimum atomic E-state index is -0.332. The van der Waals surface area contributed by atoms with E-state index in [1.165, 1.54) is 16.7 Å². The average Bonchev–Trinajstić information content (AvgIpc) is 3.03. The lowest BCUT2D eigenvalue weighted by molar-refractivity contribution is -0.110. The molecule has 3 aromatic carbocycles. The highest BCUT2D eigenvalue weighted by molar-refractivity contribution is 6.53. The molecule has 4 N–H and O–H groups in total. The predicted octanol–water partition coefficient (Wildman–Crippen LogP) is 4.43. The SMILES string of the molecule is Cc1ccc(C(C)Cc2cccc(-c3cccc4c3C(=N)C(=O)N4)c2)cc1.NC=O. The van der Waals surface area contributed by atoms with E-state index in [1.807, 2.05) is 24.3 Å². The second-order valence-electron chi connectivity index (χ2n) is 7.41. The van der Waals surface area contributed by atoms with Crippen LogP contribution >= 0.6 is 0 Å². The lowest BCUT2D eigenvalue weighted by atomic mass is 9.90. The molecular formula is C25H25N3O2. The molecule has 0 bridgehead atoms. The molecule has 1 atom stereocenters. The number of nitrogens with two attached hydrogens (primary N) is 1. The molecule has 2 amide bonds. The largest absolute Gasteiger partial charge is 0.372 e. The summed E-state index contributed by atoms with van der Waals surface area (Å²) in [5.41, 5.74) is 11.5. The van der Waals surface area contributed by atoms with Gasteiger partial charge in [0.05, 0.1) is 5.69 Å². The number of carbonyl (C=O) groups is 2. The number of amides is 2. The summed E-state index contributed by atoms with van der Waals surface area (Å²) in [6, 6.07) is 22.9. The fraction of sp³-hybridized carbons (Fsp3) is 0.160. The highest BCUT2D eigenvalue weighted by Gasteiger charge is 2.27. The first-order chi connectivity index (χ1) is 14.4. The smallest absolute Gasteiger partial charge is 0.274 e. The van der Waals surface area contributed by atoms with Gasteiger partial charge >= 0.3 is 0 Å². The molecule has 0 fully saturated rings. The third-order valence-corrected chi connectivity index (χ3v) is 5.22. The number of hydrogen-bond acceptors (Lipinski definition) is 3. The first-order valence-electron chi connectivity index (χ1n) is 9.79. The lowest BCUT2D eigenvalue weighted by Crippen LogP contribution is -2.12. The highest BCUT2D eigenvalue weighted by Crippen LogP contribution is 2.34. The number of primary amides is 1. The highest BCUT2D eigenvalue weighted by atomic mass is 16.2. The van der Waals surface area contributed by atoms with Crippen LogP contribution in [0.4, 0.5) is 5.69 Å². The molecule has 3 aromatic rings. The van der Waals surface area contributed by atoms with E-state index in [4.69, 9.17) is 10.2 Å². The summed E-state index contributed by atoms with van der Waals surface area (Å²) in [6.07, 6.45) is 1.19. The Bertz CT molecular complexity index is 1090. The van der Waals surface area contributed by atoms with Gasteiger partial charge in [0, 0.05) is 5.56 Å². The molecule has 152 valence electrons. The molecule has 1 unspecified atom stereocenters. The van der Waals surface area contributed by atoms with Crippen LogP contribution in [0.2, 0.25) is 0 Å². The Morgan fingerprint density at radius 2 is 1.73 bits per heavy atom. The third kappa shape index (κ3) is 4.46. The number of hydrogen-bond donors (Lipinski definition) is 3. The number of anilines is 1. The number of carbonyl (C=O) groups excluding carboxylic acids is 2. The zero-order valence-electron chi connectivity index (χ0n) is 17.1. The van der Waals surface area contributed by atoms with Crippen molar-refractivity contribution < 1.29 is 9.59 Å². The van der Waals surface area contributed by atoms with Crippen molar-refractivity contribution in [2.45, 2.75) is 26.2 Å². The molecule has 0 spiro atoms. The van der Waals surface area contributed by atoms with Crippen molar-refractivity contribution in [1.29, 1.82) is 5.41 Å². The zero-order chi connectivity index (χ0) is 21.7. The Balaban J connectivity index is 0.000000806. The van der Waals surface area contributed by atoms with Crippen LogP contribution in [0.3, 0.4) is 0 Å². The number of benzene rings is 3. The van der Waals surface area contributed by atoms with Gasteiger partial charge in [-0.05, 0) is 47.6 Å². The minimum Gasteiger partial charge on any atom is -0.372 e. The number of rotatable bonds is 4. The van der Waals surface area contributed by atoms with Gasteiger partial charge in [-0.25, -0.2) is 0 Å². The second-order valence-corrected chi connectivity index (χ2v) is 7.41. The maximum Gasteiger partial charge on any atom is 0.274 e. The summed E-state index contributed by atoms with van der Waals surface area (Å²) < 4.78 is 0. The molecule has 1 aliphatic heterocycles. The number of fused-ring (bicyclic) bond motifs is 1. The van der Waals surface area contributed by atoms with Crippen molar-refractivity contribution >= 4 is 23.7 Å². The molecule has 4 rings (SSSR count).